The lowest BCUT2D eigenvalue weighted by Crippen LogP contribution is -2.54. The number of carbonyl (C=O) groups excluding carboxylic acids is 2. The van der Waals surface area contributed by atoms with Crippen LogP contribution in [0.2, 0.25) is 0 Å². The second-order valence-electron chi connectivity index (χ2n) is 15.1. The molecule has 0 aliphatic rings. The number of carboxylic acid groups (broad SMARTS) is 1. The van der Waals surface area contributed by atoms with Crippen molar-refractivity contribution in [2.75, 3.05) is 6.61 Å². The van der Waals surface area contributed by atoms with Crippen molar-refractivity contribution < 1.29 is 29.3 Å². The van der Waals surface area contributed by atoms with Crippen molar-refractivity contribution in [3.05, 3.63) is 124 Å². The van der Waals surface area contributed by atoms with Crippen LogP contribution in [0, 0.1) is 6.92 Å². The zero-order valence-corrected chi connectivity index (χ0v) is 33.6. The quantitative estimate of drug-likeness (QED) is 0.0648. The molecule has 2 amide bonds. The van der Waals surface area contributed by atoms with E-state index in [9.17, 15) is 24.6 Å². The summed E-state index contributed by atoms with van der Waals surface area (Å²) in [5.41, 5.74) is 4.42. The van der Waals surface area contributed by atoms with E-state index in [4.69, 9.17) is 4.74 Å². The number of thiophene rings is 1. The molecule has 5 rings (SSSR count). The number of rotatable bonds is 18. The SMILES string of the molecule is CCCCCCCOc1ccc(-c2cnc(-c3ccc(C[C@H](NC(=O)c4ccc(C(C)(C)C)s4)C(=O)NC(C(=O)O)C(O)c4ccc(C)cc4)cc3)nc2)cc1. The van der Waals surface area contributed by atoms with E-state index < -0.39 is 36.0 Å². The van der Waals surface area contributed by atoms with Crippen molar-refractivity contribution in [2.24, 2.45) is 0 Å². The van der Waals surface area contributed by atoms with Gasteiger partial charge in [0.25, 0.3) is 5.91 Å². The Morgan fingerprint density at radius 2 is 1.43 bits per heavy atom. The van der Waals surface area contributed by atoms with Crippen LogP contribution in [-0.2, 0) is 21.4 Å². The average Bonchev–Trinajstić information content (AvgIpc) is 3.71. The standard InChI is InChI=1S/C45H52N4O6S/c1-6-7-8-9-10-25-55-35-21-19-31(20-22-35)34-27-46-41(47-28-34)33-17-13-30(14-18-33)26-36(48-43(52)37-23-24-38(56-37)45(3,4)5)42(51)49-39(44(53)54)40(50)32-15-11-29(2)12-16-32/h11-24,27-28,36,39-40,50H,6-10,25-26H2,1-5H3,(H,48,52)(H,49,51)(H,53,54)/t36-,39?,40?/m0/s1. The molecule has 10 nitrogen and oxygen atoms in total. The van der Waals surface area contributed by atoms with Crippen LogP contribution in [0.4, 0.5) is 0 Å². The van der Waals surface area contributed by atoms with Crippen LogP contribution in [0.1, 0.15) is 97.1 Å². The molecular weight excluding hydrogens is 725 g/mol. The molecular formula is C45H52N4O6S. The van der Waals surface area contributed by atoms with Crippen molar-refractivity contribution in [3.8, 4) is 28.3 Å². The van der Waals surface area contributed by atoms with Crippen LogP contribution >= 0.6 is 11.3 Å². The number of aryl methyl sites for hydroxylation is 1. The first-order valence-corrected chi connectivity index (χ1v) is 20.0. The number of nitrogens with zero attached hydrogens (tertiary/aromatic N) is 2. The number of amides is 2. The highest BCUT2D eigenvalue weighted by Crippen LogP contribution is 2.30. The lowest BCUT2D eigenvalue weighted by Gasteiger charge is -2.24. The molecule has 2 heterocycles. The Labute approximate surface area is 333 Å². The molecule has 0 spiro atoms. The molecule has 56 heavy (non-hydrogen) atoms. The van der Waals surface area contributed by atoms with Gasteiger partial charge in [0.05, 0.1) is 11.5 Å². The van der Waals surface area contributed by atoms with Gasteiger partial charge in [-0.3, -0.25) is 9.59 Å². The minimum Gasteiger partial charge on any atom is -0.494 e. The normalized spacial score (nSPS) is 13.0. The number of benzene rings is 3. The largest absolute Gasteiger partial charge is 0.494 e. The molecule has 2 aromatic heterocycles. The summed E-state index contributed by atoms with van der Waals surface area (Å²) in [4.78, 5) is 50.2. The van der Waals surface area contributed by atoms with E-state index in [2.05, 4.69) is 48.3 Å². The fourth-order valence-electron chi connectivity index (χ4n) is 6.08. The first-order valence-electron chi connectivity index (χ1n) is 19.2. The predicted molar refractivity (Wildman–Crippen MR) is 221 cm³/mol. The van der Waals surface area contributed by atoms with Crippen molar-refractivity contribution in [2.45, 2.75) is 96.7 Å². The van der Waals surface area contributed by atoms with Crippen LogP contribution in [0.5, 0.6) is 5.75 Å². The lowest BCUT2D eigenvalue weighted by molar-refractivity contribution is -0.145. The molecule has 0 aliphatic carbocycles. The van der Waals surface area contributed by atoms with Crippen molar-refractivity contribution in [1.29, 1.82) is 0 Å². The highest BCUT2D eigenvalue weighted by Gasteiger charge is 2.33. The van der Waals surface area contributed by atoms with Crippen molar-refractivity contribution in [3.63, 3.8) is 0 Å². The zero-order valence-electron chi connectivity index (χ0n) is 32.7. The molecule has 5 aromatic rings. The van der Waals surface area contributed by atoms with Gasteiger partial charge in [-0.1, -0.05) is 120 Å². The Morgan fingerprint density at radius 3 is 2.04 bits per heavy atom. The summed E-state index contributed by atoms with van der Waals surface area (Å²) in [7, 11) is 0. The summed E-state index contributed by atoms with van der Waals surface area (Å²) >= 11 is 1.34. The van der Waals surface area contributed by atoms with Gasteiger partial charge in [0.2, 0.25) is 5.91 Å². The number of aromatic nitrogens is 2. The Kier molecular flexibility index (Phi) is 14.5. The first kappa shape index (κ1) is 41.8. The van der Waals surface area contributed by atoms with Gasteiger partial charge in [0.15, 0.2) is 11.9 Å². The Morgan fingerprint density at radius 1 is 0.786 bits per heavy atom. The van der Waals surface area contributed by atoms with Crippen LogP contribution < -0.4 is 15.4 Å². The summed E-state index contributed by atoms with van der Waals surface area (Å²) < 4.78 is 5.90. The number of hydrogen-bond donors (Lipinski definition) is 4. The van der Waals surface area contributed by atoms with Crippen LogP contribution in [-0.4, -0.2) is 56.7 Å². The second-order valence-corrected chi connectivity index (χ2v) is 16.2. The molecule has 11 heteroatoms. The third-order valence-corrected chi connectivity index (χ3v) is 11.0. The number of carbonyl (C=O) groups is 3. The Hall–Kier alpha value is -5.39. The number of aliphatic carboxylic acids is 1. The molecule has 2 unspecified atom stereocenters. The van der Waals surface area contributed by atoms with Crippen LogP contribution in [0.25, 0.3) is 22.5 Å². The minimum atomic E-state index is -1.65. The summed E-state index contributed by atoms with van der Waals surface area (Å²) in [5, 5.41) is 26.3. The number of carboxylic acids is 1. The highest BCUT2D eigenvalue weighted by molar-refractivity contribution is 7.14. The number of hydrogen-bond acceptors (Lipinski definition) is 8. The van der Waals surface area contributed by atoms with Gasteiger partial charge in [-0.25, -0.2) is 14.8 Å². The Balaban J connectivity index is 1.28. The van der Waals surface area contributed by atoms with Crippen molar-refractivity contribution >= 4 is 29.1 Å². The van der Waals surface area contributed by atoms with E-state index >= 15 is 0 Å². The van der Waals surface area contributed by atoms with E-state index in [1.807, 2.05) is 61.5 Å². The van der Waals surface area contributed by atoms with Gasteiger partial charge in [-0.2, -0.15) is 0 Å². The van der Waals surface area contributed by atoms with Crippen LogP contribution in [0.3, 0.4) is 0 Å². The van der Waals surface area contributed by atoms with E-state index in [1.54, 1.807) is 42.7 Å². The predicted octanol–water partition coefficient (Wildman–Crippen LogP) is 8.47. The molecule has 0 bridgehead atoms. The van der Waals surface area contributed by atoms with E-state index in [0.717, 1.165) is 39.3 Å². The van der Waals surface area contributed by atoms with Gasteiger partial charge < -0.3 is 25.6 Å². The smallest absolute Gasteiger partial charge is 0.329 e. The summed E-state index contributed by atoms with van der Waals surface area (Å²) in [6, 6.07) is 22.8. The molecule has 3 atom stereocenters. The number of unbranched alkanes of at least 4 members (excludes halogenated alkanes) is 4. The zero-order chi connectivity index (χ0) is 40.2. The second kappa shape index (κ2) is 19.5. The molecule has 4 N–H and O–H groups in total. The maximum absolute atomic E-state index is 13.8. The molecule has 0 saturated carbocycles. The average molecular weight is 777 g/mol. The monoisotopic (exact) mass is 776 g/mol. The third-order valence-electron chi connectivity index (χ3n) is 9.50. The lowest BCUT2D eigenvalue weighted by atomic mass is 9.95. The third kappa shape index (κ3) is 11.6. The van der Waals surface area contributed by atoms with Crippen molar-refractivity contribution in [1.82, 2.24) is 20.6 Å². The van der Waals surface area contributed by atoms with Gasteiger partial charge in [-0.05, 0) is 59.7 Å². The number of nitrogens with one attached hydrogen (secondary N) is 2. The maximum Gasteiger partial charge on any atom is 0.329 e. The molecule has 0 saturated heterocycles. The fraction of sp³-hybridized carbons (Fsp3) is 0.356. The topological polar surface area (TPSA) is 151 Å². The summed E-state index contributed by atoms with van der Waals surface area (Å²) in [6.07, 6.45) is 8.04. The fourth-order valence-corrected chi connectivity index (χ4v) is 7.05. The van der Waals surface area contributed by atoms with Crippen LogP contribution in [0.15, 0.2) is 97.3 Å². The molecule has 0 radical (unpaired) electrons. The van der Waals surface area contributed by atoms with Gasteiger partial charge in [0.1, 0.15) is 17.9 Å². The van der Waals surface area contributed by atoms with Gasteiger partial charge >= 0.3 is 5.97 Å². The maximum atomic E-state index is 13.8. The van der Waals surface area contributed by atoms with E-state index in [1.165, 1.54) is 37.0 Å². The number of ether oxygens (including phenoxy) is 1. The van der Waals surface area contributed by atoms with Gasteiger partial charge in [-0.15, -0.1) is 11.3 Å². The summed E-state index contributed by atoms with van der Waals surface area (Å²) in [5.74, 6) is -1.25. The van der Waals surface area contributed by atoms with E-state index in [-0.39, 0.29) is 11.8 Å². The molecule has 294 valence electrons. The number of aliphatic hydroxyl groups is 1. The molecule has 0 fully saturated rings. The molecule has 3 aromatic carbocycles. The van der Waals surface area contributed by atoms with E-state index in [0.29, 0.717) is 28.4 Å². The minimum absolute atomic E-state index is 0.0562. The highest BCUT2D eigenvalue weighted by atomic mass is 32.1. The van der Waals surface area contributed by atoms with Gasteiger partial charge in [0, 0.05) is 34.8 Å². The molecule has 0 aliphatic heterocycles. The summed E-state index contributed by atoms with van der Waals surface area (Å²) in [6.45, 7) is 10.9. The Bertz CT molecular complexity index is 2040. The number of aliphatic hydroxyl groups excluding tert-OH is 1. The first-order chi connectivity index (χ1) is 26.8.